The fourth-order valence-corrected chi connectivity index (χ4v) is 5.57. The Bertz CT molecular complexity index is 2330. The molecule has 48 heavy (non-hydrogen) atoms. The molecular formula is C40H32N6O2. The van der Waals surface area contributed by atoms with E-state index in [1.165, 1.54) is 5.56 Å². The van der Waals surface area contributed by atoms with Gasteiger partial charge in [0.15, 0.2) is 0 Å². The van der Waals surface area contributed by atoms with E-state index in [2.05, 4.69) is 42.0 Å². The molecule has 0 amide bonds. The fourth-order valence-electron chi connectivity index (χ4n) is 5.57. The van der Waals surface area contributed by atoms with Gasteiger partial charge in [0.2, 0.25) is 0 Å². The van der Waals surface area contributed by atoms with Crippen molar-refractivity contribution in [3.63, 3.8) is 0 Å². The van der Waals surface area contributed by atoms with E-state index in [1.54, 1.807) is 36.7 Å². The number of hydrogen-bond donors (Lipinski definition) is 4. The standard InChI is InChI=1S/C20H17N3O.C20H15N3O/c2*24-18-6-3-4-14(10-18)16-11-19-15(12-22-20(19)23-13-16)7-8-17-5-1-2-9-21-17/h1-6,9-13,24H,7-8H2,(H,22,23);1-13,24H,(H,22,23)/b;8-7+. The molecule has 4 N–H and O–H groups in total. The lowest BCUT2D eigenvalue weighted by Crippen LogP contribution is -1.93. The van der Waals surface area contributed by atoms with Gasteiger partial charge in [-0.15, -0.1) is 0 Å². The van der Waals surface area contributed by atoms with Gasteiger partial charge in [0.1, 0.15) is 22.8 Å². The van der Waals surface area contributed by atoms with Crippen LogP contribution < -0.4 is 0 Å². The first-order chi connectivity index (χ1) is 23.6. The first kappa shape index (κ1) is 30.1. The minimum absolute atomic E-state index is 0.247. The van der Waals surface area contributed by atoms with Crippen molar-refractivity contribution in [2.24, 2.45) is 0 Å². The van der Waals surface area contributed by atoms with Gasteiger partial charge in [-0.1, -0.05) is 42.5 Å². The molecule has 8 rings (SSSR count). The molecule has 6 heterocycles. The molecule has 0 aliphatic rings. The van der Waals surface area contributed by atoms with Gasteiger partial charge in [-0.2, -0.15) is 0 Å². The number of aromatic nitrogens is 6. The minimum atomic E-state index is 0.247. The number of pyridine rings is 4. The molecule has 0 atom stereocenters. The van der Waals surface area contributed by atoms with Gasteiger partial charge in [0.25, 0.3) is 0 Å². The number of aromatic amines is 2. The normalized spacial score (nSPS) is 11.2. The number of aryl methyl sites for hydroxylation is 2. The van der Waals surface area contributed by atoms with Crippen LogP contribution in [0.25, 0.3) is 56.5 Å². The van der Waals surface area contributed by atoms with Gasteiger partial charge in [-0.05, 0) is 96.3 Å². The lowest BCUT2D eigenvalue weighted by Gasteiger charge is -2.04. The third-order valence-electron chi connectivity index (χ3n) is 8.04. The molecule has 234 valence electrons. The Labute approximate surface area is 277 Å². The molecule has 0 aliphatic heterocycles. The predicted molar refractivity (Wildman–Crippen MR) is 191 cm³/mol. The van der Waals surface area contributed by atoms with Crippen LogP contribution in [-0.4, -0.2) is 40.1 Å². The highest BCUT2D eigenvalue weighted by molar-refractivity contribution is 5.92. The Balaban J connectivity index is 0.000000152. The largest absolute Gasteiger partial charge is 0.508 e. The van der Waals surface area contributed by atoms with Crippen molar-refractivity contribution in [2.75, 3.05) is 0 Å². The molecule has 0 radical (unpaired) electrons. The zero-order valence-electron chi connectivity index (χ0n) is 26.0. The van der Waals surface area contributed by atoms with Crippen LogP contribution in [0.15, 0.2) is 134 Å². The summed E-state index contributed by atoms with van der Waals surface area (Å²) in [6.45, 7) is 0. The molecule has 0 spiro atoms. The van der Waals surface area contributed by atoms with Crippen LogP contribution in [0, 0.1) is 0 Å². The van der Waals surface area contributed by atoms with E-state index in [0.29, 0.717) is 0 Å². The highest BCUT2D eigenvalue weighted by atomic mass is 16.3. The smallest absolute Gasteiger partial charge is 0.137 e. The van der Waals surface area contributed by atoms with Crippen LogP contribution in [-0.2, 0) is 12.8 Å². The summed E-state index contributed by atoms with van der Waals surface area (Å²) in [5, 5.41) is 21.5. The zero-order chi connectivity index (χ0) is 32.7. The van der Waals surface area contributed by atoms with Crippen molar-refractivity contribution in [3.05, 3.63) is 157 Å². The van der Waals surface area contributed by atoms with Crippen molar-refractivity contribution >= 4 is 34.2 Å². The van der Waals surface area contributed by atoms with E-state index in [0.717, 1.165) is 74.1 Å². The van der Waals surface area contributed by atoms with Crippen LogP contribution in [0.5, 0.6) is 11.5 Å². The quantitative estimate of drug-likeness (QED) is 0.140. The number of hydrogen-bond acceptors (Lipinski definition) is 6. The number of benzene rings is 2. The first-order valence-electron chi connectivity index (χ1n) is 15.6. The summed E-state index contributed by atoms with van der Waals surface area (Å²) in [7, 11) is 0. The molecule has 8 aromatic rings. The van der Waals surface area contributed by atoms with E-state index >= 15 is 0 Å². The third-order valence-corrected chi connectivity index (χ3v) is 8.04. The lowest BCUT2D eigenvalue weighted by atomic mass is 10.0. The average molecular weight is 629 g/mol. The Morgan fingerprint density at radius 2 is 1.19 bits per heavy atom. The Hall–Kier alpha value is -6.54. The number of phenolic OH excluding ortho intramolecular Hbond substituents is 2. The monoisotopic (exact) mass is 628 g/mol. The Kier molecular flexibility index (Phi) is 8.69. The summed E-state index contributed by atoms with van der Waals surface area (Å²) in [5.74, 6) is 0.508. The van der Waals surface area contributed by atoms with Crippen molar-refractivity contribution in [1.29, 1.82) is 0 Å². The maximum Gasteiger partial charge on any atom is 0.137 e. The SMILES string of the molecule is Oc1cccc(-c2cnc3[nH]cc(/C=C/c4ccccn4)c3c2)c1.Oc1cccc(-c2cnc3[nH]cc(CCc4ccccn4)c3c2)c1. The van der Waals surface area contributed by atoms with Gasteiger partial charge in [-0.3, -0.25) is 9.97 Å². The summed E-state index contributed by atoms with van der Waals surface area (Å²) in [4.78, 5) is 24.1. The number of phenols is 2. The molecule has 6 aromatic heterocycles. The predicted octanol–water partition coefficient (Wildman–Crippen LogP) is 8.62. The van der Waals surface area contributed by atoms with E-state index in [-0.39, 0.29) is 11.5 Å². The van der Waals surface area contributed by atoms with E-state index in [9.17, 15) is 10.2 Å². The van der Waals surface area contributed by atoms with E-state index in [1.807, 2.05) is 97.6 Å². The topological polar surface area (TPSA) is 124 Å². The second-order valence-corrected chi connectivity index (χ2v) is 11.3. The van der Waals surface area contributed by atoms with Crippen molar-refractivity contribution in [3.8, 4) is 33.8 Å². The summed E-state index contributed by atoms with van der Waals surface area (Å²) < 4.78 is 0. The highest BCUT2D eigenvalue weighted by Crippen LogP contribution is 2.29. The van der Waals surface area contributed by atoms with Crippen LogP contribution in [0.4, 0.5) is 0 Å². The lowest BCUT2D eigenvalue weighted by molar-refractivity contribution is 0.475. The van der Waals surface area contributed by atoms with Crippen LogP contribution >= 0.6 is 0 Å². The number of rotatable bonds is 7. The van der Waals surface area contributed by atoms with Crippen LogP contribution in [0.2, 0.25) is 0 Å². The van der Waals surface area contributed by atoms with Gasteiger partial charge in [0.05, 0.1) is 5.69 Å². The molecule has 8 heteroatoms. The maximum atomic E-state index is 9.68. The Morgan fingerprint density at radius 1 is 0.542 bits per heavy atom. The van der Waals surface area contributed by atoms with Gasteiger partial charge >= 0.3 is 0 Å². The number of nitrogens with zero attached hydrogens (tertiary/aromatic N) is 4. The minimum Gasteiger partial charge on any atom is -0.508 e. The van der Waals surface area contributed by atoms with Gasteiger partial charge in [0, 0.05) is 70.3 Å². The van der Waals surface area contributed by atoms with Gasteiger partial charge in [-0.25, -0.2) is 9.97 Å². The van der Waals surface area contributed by atoms with Gasteiger partial charge < -0.3 is 20.2 Å². The molecule has 8 nitrogen and oxygen atoms in total. The summed E-state index contributed by atoms with van der Waals surface area (Å²) in [6, 6.07) is 30.4. The van der Waals surface area contributed by atoms with Crippen LogP contribution in [0.3, 0.4) is 0 Å². The molecule has 0 unspecified atom stereocenters. The highest BCUT2D eigenvalue weighted by Gasteiger charge is 2.09. The van der Waals surface area contributed by atoms with Crippen molar-refractivity contribution in [1.82, 2.24) is 29.9 Å². The molecule has 0 fully saturated rings. The Morgan fingerprint density at radius 3 is 1.83 bits per heavy atom. The summed E-state index contributed by atoms with van der Waals surface area (Å²) >= 11 is 0. The molecular weight excluding hydrogens is 596 g/mol. The zero-order valence-corrected chi connectivity index (χ0v) is 26.0. The molecule has 0 aliphatic carbocycles. The van der Waals surface area contributed by atoms with Crippen molar-refractivity contribution < 1.29 is 10.2 Å². The van der Waals surface area contributed by atoms with Crippen LogP contribution in [0.1, 0.15) is 22.5 Å². The first-order valence-corrected chi connectivity index (χ1v) is 15.6. The summed E-state index contributed by atoms with van der Waals surface area (Å²) in [5.41, 5.74) is 9.84. The second-order valence-electron chi connectivity index (χ2n) is 11.3. The number of aromatic hydroxyl groups is 2. The fraction of sp³-hybridized carbons (Fsp3) is 0.0500. The molecule has 0 bridgehead atoms. The number of nitrogens with one attached hydrogen (secondary N) is 2. The second kappa shape index (κ2) is 13.8. The maximum absolute atomic E-state index is 9.68. The molecule has 2 aromatic carbocycles. The van der Waals surface area contributed by atoms with E-state index in [4.69, 9.17) is 0 Å². The van der Waals surface area contributed by atoms with E-state index < -0.39 is 0 Å². The molecule has 0 saturated carbocycles. The third kappa shape index (κ3) is 6.98. The van der Waals surface area contributed by atoms with Crippen molar-refractivity contribution in [2.45, 2.75) is 12.8 Å². The average Bonchev–Trinajstić information content (AvgIpc) is 3.74. The number of fused-ring (bicyclic) bond motifs is 2. The number of H-pyrrole nitrogens is 2. The molecule has 0 saturated heterocycles. The summed E-state index contributed by atoms with van der Waals surface area (Å²) in [6.07, 6.45) is 17.0.